The van der Waals surface area contributed by atoms with Gasteiger partial charge in [0.25, 0.3) is 0 Å². The Labute approximate surface area is 231 Å². The predicted octanol–water partition coefficient (Wildman–Crippen LogP) is 4.02. The first kappa shape index (κ1) is 30.0. The van der Waals surface area contributed by atoms with Crippen LogP contribution in [-0.4, -0.2) is 43.4 Å². The zero-order valence-corrected chi connectivity index (χ0v) is 24.1. The van der Waals surface area contributed by atoms with Gasteiger partial charge in [-0.15, -0.1) is 0 Å². The van der Waals surface area contributed by atoms with Gasteiger partial charge >= 0.3 is 0 Å². The SMILES string of the molecule is Cc1cc(C)c(CNC(=O)Cc2cccc(C[C@@H](C)NCCc3ccc(O)c(NS(C)(=O)=O)c3O)c2)c(C)c1. The Balaban J connectivity index is 1.51. The normalized spacial score (nSPS) is 12.2. The molecule has 0 aromatic heterocycles. The van der Waals surface area contributed by atoms with E-state index in [1.165, 1.54) is 22.8 Å². The number of hydrogen-bond donors (Lipinski definition) is 5. The van der Waals surface area contributed by atoms with Gasteiger partial charge < -0.3 is 20.8 Å². The number of amides is 1. The largest absolute Gasteiger partial charge is 0.506 e. The van der Waals surface area contributed by atoms with Crippen LogP contribution < -0.4 is 15.4 Å². The van der Waals surface area contributed by atoms with E-state index in [0.717, 1.165) is 29.4 Å². The number of phenolic OH excluding ortho intramolecular Hbond substituents is 2. The van der Waals surface area contributed by atoms with Crippen molar-refractivity contribution in [2.45, 2.75) is 59.5 Å². The molecule has 0 aliphatic heterocycles. The Morgan fingerprint density at radius 3 is 2.31 bits per heavy atom. The molecule has 5 N–H and O–H groups in total. The fourth-order valence-corrected chi connectivity index (χ4v) is 5.35. The third-order valence-corrected chi connectivity index (χ3v) is 7.19. The average Bonchev–Trinajstić information content (AvgIpc) is 2.82. The van der Waals surface area contributed by atoms with Gasteiger partial charge in [-0.2, -0.15) is 0 Å². The molecule has 0 radical (unpaired) electrons. The topological polar surface area (TPSA) is 128 Å². The van der Waals surface area contributed by atoms with Crippen LogP contribution in [0.5, 0.6) is 11.5 Å². The molecule has 0 saturated heterocycles. The van der Waals surface area contributed by atoms with Crippen LogP contribution in [0.15, 0.2) is 48.5 Å². The van der Waals surface area contributed by atoms with Gasteiger partial charge in [0.05, 0.1) is 12.7 Å². The standard InChI is InChI=1S/C30H39N3O5S/c1-19-13-20(2)26(21(3)14-19)18-32-28(35)17-24-8-6-7-23(16-24)15-22(4)31-12-11-25-9-10-27(34)29(30(25)36)33-39(5,37)38/h6-10,13-14,16,22,31,33-34,36H,11-12,15,17-18H2,1-5H3,(H,32,35)/t22-/m1/s1. The molecule has 1 amide bonds. The highest BCUT2D eigenvalue weighted by molar-refractivity contribution is 7.92. The van der Waals surface area contributed by atoms with Crippen molar-refractivity contribution < 1.29 is 23.4 Å². The molecular weight excluding hydrogens is 514 g/mol. The first-order chi connectivity index (χ1) is 18.3. The first-order valence-corrected chi connectivity index (χ1v) is 14.9. The minimum absolute atomic E-state index is 0.0175. The number of rotatable bonds is 12. The number of hydrogen-bond acceptors (Lipinski definition) is 6. The highest BCUT2D eigenvalue weighted by Gasteiger charge is 2.16. The van der Waals surface area contributed by atoms with Crippen molar-refractivity contribution in [3.05, 3.63) is 87.5 Å². The van der Waals surface area contributed by atoms with Gasteiger partial charge in [-0.05, 0) is 86.5 Å². The van der Waals surface area contributed by atoms with E-state index in [1.807, 2.05) is 18.2 Å². The maximum absolute atomic E-state index is 12.6. The second kappa shape index (κ2) is 13.0. The molecule has 3 aromatic carbocycles. The summed E-state index contributed by atoms with van der Waals surface area (Å²) in [6.45, 7) is 9.32. The molecule has 3 aromatic rings. The molecular formula is C30H39N3O5S. The van der Waals surface area contributed by atoms with Gasteiger partial charge in [0.15, 0.2) is 0 Å². The zero-order valence-electron chi connectivity index (χ0n) is 23.3. The number of phenols is 2. The van der Waals surface area contributed by atoms with Crippen LogP contribution >= 0.6 is 0 Å². The van der Waals surface area contributed by atoms with E-state index in [4.69, 9.17) is 0 Å². The maximum atomic E-state index is 12.6. The minimum atomic E-state index is -3.65. The van der Waals surface area contributed by atoms with E-state index in [0.29, 0.717) is 31.5 Å². The summed E-state index contributed by atoms with van der Waals surface area (Å²) in [5.74, 6) is -0.637. The molecule has 39 heavy (non-hydrogen) atoms. The minimum Gasteiger partial charge on any atom is -0.506 e. The van der Waals surface area contributed by atoms with E-state index in [2.05, 4.69) is 61.2 Å². The van der Waals surface area contributed by atoms with E-state index < -0.39 is 10.0 Å². The fourth-order valence-electron chi connectivity index (χ4n) is 4.78. The lowest BCUT2D eigenvalue weighted by Crippen LogP contribution is -2.30. The summed E-state index contributed by atoms with van der Waals surface area (Å²) in [5.41, 5.74) is 7.11. The molecule has 0 saturated carbocycles. The van der Waals surface area contributed by atoms with E-state index in [-0.39, 0.29) is 29.1 Å². The Hall–Kier alpha value is -3.56. The third-order valence-electron chi connectivity index (χ3n) is 6.61. The summed E-state index contributed by atoms with van der Waals surface area (Å²) in [4.78, 5) is 12.6. The summed E-state index contributed by atoms with van der Waals surface area (Å²) < 4.78 is 25.2. The molecule has 0 fully saturated rings. The van der Waals surface area contributed by atoms with Crippen molar-refractivity contribution in [1.82, 2.24) is 10.6 Å². The monoisotopic (exact) mass is 553 g/mol. The highest BCUT2D eigenvalue weighted by atomic mass is 32.2. The Morgan fingerprint density at radius 2 is 1.64 bits per heavy atom. The summed E-state index contributed by atoms with van der Waals surface area (Å²) in [6, 6.07) is 15.3. The Kier molecular flexibility index (Phi) is 9.99. The number of aromatic hydroxyl groups is 2. The van der Waals surface area contributed by atoms with Gasteiger partial charge in [0.1, 0.15) is 17.2 Å². The van der Waals surface area contributed by atoms with E-state index in [1.54, 1.807) is 6.07 Å². The maximum Gasteiger partial charge on any atom is 0.230 e. The van der Waals surface area contributed by atoms with Crippen LogP contribution in [0.25, 0.3) is 0 Å². The van der Waals surface area contributed by atoms with Gasteiger partial charge in [-0.3, -0.25) is 9.52 Å². The number of nitrogens with one attached hydrogen (secondary N) is 3. The molecule has 0 unspecified atom stereocenters. The molecule has 0 heterocycles. The lowest BCUT2D eigenvalue weighted by molar-refractivity contribution is -0.120. The summed E-state index contributed by atoms with van der Waals surface area (Å²) >= 11 is 0. The fraction of sp³-hybridized carbons (Fsp3) is 0.367. The van der Waals surface area contributed by atoms with Gasteiger partial charge in [-0.1, -0.05) is 48.0 Å². The summed E-state index contributed by atoms with van der Waals surface area (Å²) in [7, 11) is -3.65. The van der Waals surface area contributed by atoms with E-state index >= 15 is 0 Å². The number of sulfonamides is 1. The van der Waals surface area contributed by atoms with Crippen molar-refractivity contribution in [2.75, 3.05) is 17.5 Å². The molecule has 210 valence electrons. The molecule has 0 bridgehead atoms. The second-order valence-corrected chi connectivity index (χ2v) is 12.1. The van der Waals surface area contributed by atoms with E-state index in [9.17, 15) is 23.4 Å². The lowest BCUT2D eigenvalue weighted by atomic mass is 9.99. The number of carbonyl (C=O) groups is 1. The van der Waals surface area contributed by atoms with Crippen molar-refractivity contribution >= 4 is 21.6 Å². The molecule has 8 nitrogen and oxygen atoms in total. The van der Waals surface area contributed by atoms with Crippen LogP contribution in [0.2, 0.25) is 0 Å². The number of aryl methyl sites for hydroxylation is 3. The second-order valence-electron chi connectivity index (χ2n) is 10.3. The molecule has 3 rings (SSSR count). The van der Waals surface area contributed by atoms with Crippen LogP contribution in [0.4, 0.5) is 5.69 Å². The summed E-state index contributed by atoms with van der Waals surface area (Å²) in [5, 5.41) is 26.8. The Bertz CT molecular complexity index is 1410. The lowest BCUT2D eigenvalue weighted by Gasteiger charge is -2.16. The van der Waals surface area contributed by atoms with Gasteiger partial charge in [-0.25, -0.2) is 8.42 Å². The first-order valence-electron chi connectivity index (χ1n) is 13.0. The zero-order chi connectivity index (χ0) is 28.7. The highest BCUT2D eigenvalue weighted by Crippen LogP contribution is 2.36. The van der Waals surface area contributed by atoms with Gasteiger partial charge in [0.2, 0.25) is 15.9 Å². The van der Waals surface area contributed by atoms with Crippen molar-refractivity contribution in [2.24, 2.45) is 0 Å². The molecule has 0 spiro atoms. The smallest absolute Gasteiger partial charge is 0.230 e. The number of benzene rings is 3. The molecule has 9 heteroatoms. The van der Waals surface area contributed by atoms with Crippen molar-refractivity contribution in [3.63, 3.8) is 0 Å². The molecule has 0 aliphatic rings. The molecule has 0 aliphatic carbocycles. The predicted molar refractivity (Wildman–Crippen MR) is 156 cm³/mol. The van der Waals surface area contributed by atoms with Crippen LogP contribution in [-0.2, 0) is 40.6 Å². The average molecular weight is 554 g/mol. The summed E-state index contributed by atoms with van der Waals surface area (Å²) in [6.07, 6.45) is 2.45. The van der Waals surface area contributed by atoms with Crippen molar-refractivity contribution in [3.8, 4) is 11.5 Å². The van der Waals surface area contributed by atoms with Crippen LogP contribution in [0.1, 0.15) is 45.9 Å². The Morgan fingerprint density at radius 1 is 0.974 bits per heavy atom. The molecule has 1 atom stereocenters. The number of anilines is 1. The van der Waals surface area contributed by atoms with Crippen LogP contribution in [0, 0.1) is 20.8 Å². The third kappa shape index (κ3) is 9.01. The van der Waals surface area contributed by atoms with Gasteiger partial charge in [0, 0.05) is 12.6 Å². The van der Waals surface area contributed by atoms with Crippen LogP contribution in [0.3, 0.4) is 0 Å². The number of carbonyl (C=O) groups excluding carboxylic acids is 1. The quantitative estimate of drug-likeness (QED) is 0.216. The van der Waals surface area contributed by atoms with Crippen molar-refractivity contribution in [1.29, 1.82) is 0 Å².